The smallest absolute Gasteiger partial charge is 0.408 e. The van der Waals surface area contributed by atoms with Crippen molar-refractivity contribution in [3.05, 3.63) is 71.3 Å². The quantitative estimate of drug-likeness (QED) is 0.422. The van der Waals surface area contributed by atoms with Gasteiger partial charge in [-0.3, -0.25) is 13.9 Å². The molecule has 3 amide bonds. The van der Waals surface area contributed by atoms with Crippen molar-refractivity contribution in [2.24, 2.45) is 0 Å². The van der Waals surface area contributed by atoms with E-state index in [1.165, 1.54) is 24.3 Å². The Morgan fingerprint density at radius 1 is 1.10 bits per heavy atom. The zero-order chi connectivity index (χ0) is 31.1. The number of amides is 3. The molecule has 0 fully saturated rings. The number of alkyl carbamates (subject to hydrolysis) is 1. The fourth-order valence-corrected chi connectivity index (χ4v) is 6.17. The molecule has 0 saturated carbocycles. The number of benzene rings is 2. The molecule has 0 aromatic heterocycles. The van der Waals surface area contributed by atoms with Crippen LogP contribution in [0.3, 0.4) is 0 Å². The van der Waals surface area contributed by atoms with Gasteiger partial charge in [-0.15, -0.1) is 0 Å². The maximum atomic E-state index is 13.9. The van der Waals surface area contributed by atoms with Crippen molar-refractivity contribution in [1.29, 1.82) is 0 Å². The number of para-hydroxylation sites is 1. The predicted molar refractivity (Wildman–Crippen MR) is 163 cm³/mol. The van der Waals surface area contributed by atoms with Gasteiger partial charge in [0.25, 0.3) is 15.9 Å². The number of halogens is 1. The number of fused-ring (bicyclic) bond motifs is 2. The highest BCUT2D eigenvalue weighted by molar-refractivity contribution is 7.92. The molecule has 42 heavy (non-hydrogen) atoms. The van der Waals surface area contributed by atoms with Crippen LogP contribution in [0.5, 0.6) is 0 Å². The van der Waals surface area contributed by atoms with E-state index in [0.717, 1.165) is 4.31 Å². The molecule has 0 aliphatic carbocycles. The molecule has 1 heterocycles. The van der Waals surface area contributed by atoms with E-state index in [0.29, 0.717) is 12.8 Å². The normalized spacial score (nSPS) is 20.1. The van der Waals surface area contributed by atoms with Crippen LogP contribution in [0.1, 0.15) is 64.2 Å². The fraction of sp³-hybridized carbons (Fsp3) is 0.433. The van der Waals surface area contributed by atoms with Gasteiger partial charge < -0.3 is 20.7 Å². The molecule has 12 heteroatoms. The Morgan fingerprint density at radius 3 is 2.43 bits per heavy atom. The second-order valence-corrected chi connectivity index (χ2v) is 13.4. The lowest BCUT2D eigenvalue weighted by atomic mass is 9.91. The number of ether oxygens (including phenoxy) is 1. The summed E-state index contributed by atoms with van der Waals surface area (Å²) >= 11 is 6.41. The maximum absolute atomic E-state index is 13.9. The van der Waals surface area contributed by atoms with Gasteiger partial charge >= 0.3 is 6.09 Å². The van der Waals surface area contributed by atoms with E-state index in [1.54, 1.807) is 57.2 Å². The minimum absolute atomic E-state index is 0.0502. The summed E-state index contributed by atoms with van der Waals surface area (Å²) in [5.41, 5.74) is -1.20. The van der Waals surface area contributed by atoms with Crippen LogP contribution >= 0.6 is 11.6 Å². The summed E-state index contributed by atoms with van der Waals surface area (Å²) in [7, 11) is -4.18. The van der Waals surface area contributed by atoms with Gasteiger partial charge in [-0.1, -0.05) is 55.8 Å². The van der Waals surface area contributed by atoms with Gasteiger partial charge in [0.2, 0.25) is 5.91 Å². The summed E-state index contributed by atoms with van der Waals surface area (Å²) in [6, 6.07) is 11.3. The highest BCUT2D eigenvalue weighted by Crippen LogP contribution is 2.31. The van der Waals surface area contributed by atoms with Gasteiger partial charge in [-0.25, -0.2) is 13.2 Å². The van der Waals surface area contributed by atoms with Crippen LogP contribution in [0, 0.1) is 0 Å². The maximum Gasteiger partial charge on any atom is 0.408 e. The van der Waals surface area contributed by atoms with Gasteiger partial charge in [0.1, 0.15) is 11.6 Å². The summed E-state index contributed by atoms with van der Waals surface area (Å²) in [6.45, 7) is 8.88. The third-order valence-electron chi connectivity index (χ3n) is 6.96. The molecule has 3 N–H and O–H groups in total. The molecule has 228 valence electrons. The SMILES string of the molecule is CCC1(CC)CNC(=O)C(NC(=O)OC(C)(C)C)C/C=C/CN(c2ccccc2Cl)S(=O)(=O)c2cccc(c2)C(=O)N1. The number of anilines is 1. The van der Waals surface area contributed by atoms with Crippen molar-refractivity contribution in [2.45, 2.75) is 76.0 Å². The molecule has 1 aliphatic rings. The third kappa shape index (κ3) is 8.25. The van der Waals surface area contributed by atoms with Crippen molar-refractivity contribution < 1.29 is 27.5 Å². The Labute approximate surface area is 252 Å². The van der Waals surface area contributed by atoms with Crippen molar-refractivity contribution in [3.8, 4) is 0 Å². The number of rotatable bonds is 4. The number of nitrogens with one attached hydrogen (secondary N) is 3. The zero-order valence-corrected chi connectivity index (χ0v) is 26.1. The predicted octanol–water partition coefficient (Wildman–Crippen LogP) is 4.79. The first-order valence-electron chi connectivity index (χ1n) is 13.8. The van der Waals surface area contributed by atoms with E-state index in [4.69, 9.17) is 16.3 Å². The second kappa shape index (κ2) is 13.6. The van der Waals surface area contributed by atoms with Crippen molar-refractivity contribution >= 4 is 45.2 Å². The molecule has 0 radical (unpaired) electrons. The molecular formula is C30H39ClN4O6S. The van der Waals surface area contributed by atoms with E-state index < -0.39 is 45.1 Å². The number of carbonyl (C=O) groups excluding carboxylic acids is 3. The number of carbonyl (C=O) groups is 3. The summed E-state index contributed by atoms with van der Waals surface area (Å²) in [6.07, 6.45) is 3.46. The zero-order valence-electron chi connectivity index (χ0n) is 24.6. The standard InChI is InChI=1S/C30H39ClN4O6S/c1-6-30(7-2)20-32-27(37)24(33-28(38)41-29(3,4)5)16-10-11-18-35(25-17-9-8-15-23(25)31)42(39,40)22-14-12-13-21(19-22)26(36)34-30/h8-15,17,19,24H,6-7,16,18,20H2,1-5H3,(H,32,37)(H,33,38)(H,34,36)/b11-10+. The number of hydrogen-bond acceptors (Lipinski definition) is 6. The Bertz CT molecular complexity index is 1430. The lowest BCUT2D eigenvalue weighted by molar-refractivity contribution is -0.123. The molecule has 2 aromatic carbocycles. The summed E-state index contributed by atoms with van der Waals surface area (Å²) < 4.78 is 34.4. The first kappa shape index (κ1) is 32.9. The first-order chi connectivity index (χ1) is 19.7. The van der Waals surface area contributed by atoms with E-state index in [-0.39, 0.29) is 40.7 Å². The van der Waals surface area contributed by atoms with Crippen LogP contribution in [0.25, 0.3) is 0 Å². The lowest BCUT2D eigenvalue weighted by Gasteiger charge is -2.34. The minimum Gasteiger partial charge on any atom is -0.444 e. The molecular weight excluding hydrogens is 580 g/mol. The van der Waals surface area contributed by atoms with Crippen molar-refractivity contribution in [3.63, 3.8) is 0 Å². The fourth-order valence-electron chi connectivity index (χ4n) is 4.40. The highest BCUT2D eigenvalue weighted by Gasteiger charge is 2.32. The average Bonchev–Trinajstić information content (AvgIpc) is 2.93. The van der Waals surface area contributed by atoms with E-state index in [9.17, 15) is 22.8 Å². The third-order valence-corrected chi connectivity index (χ3v) is 9.05. The monoisotopic (exact) mass is 618 g/mol. The lowest BCUT2D eigenvalue weighted by Crippen LogP contribution is -2.57. The van der Waals surface area contributed by atoms with E-state index >= 15 is 0 Å². The number of sulfonamides is 1. The molecule has 10 nitrogen and oxygen atoms in total. The topological polar surface area (TPSA) is 134 Å². The van der Waals surface area contributed by atoms with Gasteiger partial charge in [0.15, 0.2) is 0 Å². The number of nitrogens with zero attached hydrogens (tertiary/aromatic N) is 1. The Balaban J connectivity index is 2.09. The average molecular weight is 619 g/mol. The van der Waals surface area contributed by atoms with Crippen LogP contribution in [-0.2, 0) is 19.6 Å². The molecule has 0 saturated heterocycles. The largest absolute Gasteiger partial charge is 0.444 e. The molecule has 2 bridgehead atoms. The Kier molecular flexibility index (Phi) is 10.7. The van der Waals surface area contributed by atoms with Gasteiger partial charge in [0, 0.05) is 12.1 Å². The summed E-state index contributed by atoms with van der Waals surface area (Å²) in [5, 5.41) is 8.70. The van der Waals surface area contributed by atoms with Crippen LogP contribution in [0.4, 0.5) is 10.5 Å². The molecule has 0 spiro atoms. The van der Waals surface area contributed by atoms with Gasteiger partial charge in [-0.05, 0) is 70.4 Å². The molecule has 1 atom stereocenters. The van der Waals surface area contributed by atoms with Crippen LogP contribution < -0.4 is 20.3 Å². The minimum atomic E-state index is -4.18. The highest BCUT2D eigenvalue weighted by atomic mass is 35.5. The molecule has 3 rings (SSSR count). The summed E-state index contributed by atoms with van der Waals surface area (Å²) in [5.74, 6) is -0.958. The molecule has 1 unspecified atom stereocenters. The summed E-state index contributed by atoms with van der Waals surface area (Å²) in [4.78, 5) is 39.2. The van der Waals surface area contributed by atoms with Gasteiger partial charge in [0.05, 0.1) is 27.7 Å². The Morgan fingerprint density at radius 2 is 1.79 bits per heavy atom. The molecule has 1 aliphatic heterocycles. The van der Waals surface area contributed by atoms with E-state index in [2.05, 4.69) is 16.0 Å². The van der Waals surface area contributed by atoms with Crippen molar-refractivity contribution in [2.75, 3.05) is 17.4 Å². The molecule has 2 aromatic rings. The number of hydrogen-bond donors (Lipinski definition) is 3. The first-order valence-corrected chi connectivity index (χ1v) is 15.7. The Hall–Kier alpha value is -3.57. The van der Waals surface area contributed by atoms with Crippen LogP contribution in [-0.4, -0.2) is 56.6 Å². The van der Waals surface area contributed by atoms with Crippen LogP contribution in [0.15, 0.2) is 65.6 Å². The van der Waals surface area contributed by atoms with E-state index in [1.807, 2.05) is 13.8 Å². The van der Waals surface area contributed by atoms with Crippen LogP contribution in [0.2, 0.25) is 5.02 Å². The van der Waals surface area contributed by atoms with Crippen molar-refractivity contribution in [1.82, 2.24) is 16.0 Å². The van der Waals surface area contributed by atoms with Gasteiger partial charge in [-0.2, -0.15) is 0 Å². The second-order valence-electron chi connectivity index (χ2n) is 11.1.